The Kier molecular flexibility index (Phi) is 4.63. The highest BCUT2D eigenvalue weighted by Crippen LogP contribution is 2.37. The van der Waals surface area contributed by atoms with Gasteiger partial charge in [0.1, 0.15) is 23.0 Å². The van der Waals surface area contributed by atoms with E-state index in [2.05, 4.69) is 0 Å². The van der Waals surface area contributed by atoms with Crippen LogP contribution in [0.2, 0.25) is 10.0 Å². The second-order valence-electron chi connectivity index (χ2n) is 4.47. The number of benzene rings is 2. The minimum absolute atomic E-state index is 0.0790. The van der Waals surface area contributed by atoms with E-state index < -0.39 is 0 Å². The smallest absolute Gasteiger partial charge is 0.147 e. The second-order valence-corrected chi connectivity index (χ2v) is 5.29. The SMILES string of the molecule is CC(C)Oc1ccc(Oc2cc(Cl)c(O)cc2Cl)cc1. The van der Waals surface area contributed by atoms with Crippen molar-refractivity contribution >= 4 is 23.2 Å². The highest BCUT2D eigenvalue weighted by atomic mass is 35.5. The predicted octanol–water partition coefficient (Wildman–Crippen LogP) is 5.28. The molecule has 2 aromatic rings. The molecule has 0 spiro atoms. The lowest BCUT2D eigenvalue weighted by atomic mass is 10.3. The van der Waals surface area contributed by atoms with Crippen LogP contribution in [-0.2, 0) is 0 Å². The molecular formula is C15H14Cl2O3. The minimum Gasteiger partial charge on any atom is -0.506 e. The third-order valence-electron chi connectivity index (χ3n) is 2.42. The van der Waals surface area contributed by atoms with Gasteiger partial charge >= 0.3 is 0 Å². The molecule has 0 fully saturated rings. The van der Waals surface area contributed by atoms with Crippen molar-refractivity contribution in [1.29, 1.82) is 0 Å². The number of aromatic hydroxyl groups is 1. The van der Waals surface area contributed by atoms with Crippen LogP contribution < -0.4 is 9.47 Å². The monoisotopic (exact) mass is 312 g/mol. The van der Waals surface area contributed by atoms with Gasteiger partial charge in [0.2, 0.25) is 0 Å². The first-order chi connectivity index (χ1) is 9.45. The summed E-state index contributed by atoms with van der Waals surface area (Å²) in [5.74, 6) is 1.67. The van der Waals surface area contributed by atoms with Gasteiger partial charge in [-0.15, -0.1) is 0 Å². The van der Waals surface area contributed by atoms with Gasteiger partial charge in [-0.1, -0.05) is 23.2 Å². The molecule has 0 bridgehead atoms. The van der Waals surface area contributed by atoms with Gasteiger partial charge in [0.15, 0.2) is 0 Å². The van der Waals surface area contributed by atoms with E-state index in [0.29, 0.717) is 11.5 Å². The van der Waals surface area contributed by atoms with Crippen LogP contribution in [0.5, 0.6) is 23.0 Å². The molecule has 0 aliphatic heterocycles. The standard InChI is InChI=1S/C15H14Cl2O3/c1-9(2)19-10-3-5-11(6-4-10)20-15-8-12(16)14(18)7-13(15)17/h3-9,18H,1-2H3. The molecule has 0 atom stereocenters. The van der Waals surface area contributed by atoms with E-state index in [9.17, 15) is 5.11 Å². The van der Waals surface area contributed by atoms with E-state index in [1.54, 1.807) is 12.1 Å². The average molecular weight is 313 g/mol. The zero-order valence-electron chi connectivity index (χ0n) is 11.1. The number of ether oxygens (including phenoxy) is 2. The Balaban J connectivity index is 2.16. The van der Waals surface area contributed by atoms with Crippen molar-refractivity contribution in [1.82, 2.24) is 0 Å². The molecule has 2 aromatic carbocycles. The maximum atomic E-state index is 9.42. The third-order valence-corrected chi connectivity index (χ3v) is 3.02. The first-order valence-corrected chi connectivity index (χ1v) is 6.84. The maximum absolute atomic E-state index is 9.42. The Morgan fingerprint density at radius 3 is 2.15 bits per heavy atom. The summed E-state index contributed by atoms with van der Waals surface area (Å²) in [5, 5.41) is 9.89. The van der Waals surface area contributed by atoms with Crippen LogP contribution in [0, 0.1) is 0 Å². The lowest BCUT2D eigenvalue weighted by Gasteiger charge is -2.11. The molecule has 0 aliphatic carbocycles. The molecule has 0 heterocycles. The van der Waals surface area contributed by atoms with Crippen molar-refractivity contribution < 1.29 is 14.6 Å². The fraction of sp³-hybridized carbons (Fsp3) is 0.200. The van der Waals surface area contributed by atoms with Gasteiger partial charge in [-0.3, -0.25) is 0 Å². The number of hydrogen-bond donors (Lipinski definition) is 1. The lowest BCUT2D eigenvalue weighted by molar-refractivity contribution is 0.242. The Morgan fingerprint density at radius 2 is 1.55 bits per heavy atom. The van der Waals surface area contributed by atoms with Gasteiger partial charge in [-0.2, -0.15) is 0 Å². The number of phenolic OH excluding ortho intramolecular Hbond substituents is 1. The molecule has 0 aromatic heterocycles. The maximum Gasteiger partial charge on any atom is 0.147 e. The highest BCUT2D eigenvalue weighted by molar-refractivity contribution is 6.35. The molecule has 3 nitrogen and oxygen atoms in total. The van der Waals surface area contributed by atoms with Crippen LogP contribution in [-0.4, -0.2) is 11.2 Å². The first-order valence-electron chi connectivity index (χ1n) is 6.08. The normalized spacial score (nSPS) is 10.7. The number of hydrogen-bond acceptors (Lipinski definition) is 3. The molecule has 20 heavy (non-hydrogen) atoms. The molecular weight excluding hydrogens is 299 g/mol. The summed E-state index contributed by atoms with van der Waals surface area (Å²) < 4.78 is 11.2. The molecule has 0 unspecified atom stereocenters. The van der Waals surface area contributed by atoms with Crippen LogP contribution in [0.15, 0.2) is 36.4 Å². The Labute approximate surface area is 127 Å². The Bertz CT molecular complexity index is 595. The Morgan fingerprint density at radius 1 is 0.950 bits per heavy atom. The fourth-order valence-corrected chi connectivity index (χ4v) is 1.93. The van der Waals surface area contributed by atoms with Gasteiger partial charge < -0.3 is 14.6 Å². The van der Waals surface area contributed by atoms with Crippen molar-refractivity contribution in [2.45, 2.75) is 20.0 Å². The van der Waals surface area contributed by atoms with Gasteiger partial charge in [0.05, 0.1) is 16.1 Å². The van der Waals surface area contributed by atoms with Crippen molar-refractivity contribution in [3.8, 4) is 23.0 Å². The van der Waals surface area contributed by atoms with Crippen LogP contribution in [0.1, 0.15) is 13.8 Å². The quantitative estimate of drug-likeness (QED) is 0.834. The zero-order chi connectivity index (χ0) is 14.7. The molecule has 0 saturated heterocycles. The summed E-state index contributed by atoms with van der Waals surface area (Å²) in [7, 11) is 0. The molecule has 5 heteroatoms. The second kappa shape index (κ2) is 6.25. The summed E-state index contributed by atoms with van der Waals surface area (Å²) in [6.07, 6.45) is 0.118. The van der Waals surface area contributed by atoms with Crippen molar-refractivity contribution in [3.05, 3.63) is 46.4 Å². The van der Waals surface area contributed by atoms with Crippen LogP contribution in [0.3, 0.4) is 0 Å². The summed E-state index contributed by atoms with van der Waals surface area (Å²) in [4.78, 5) is 0. The third kappa shape index (κ3) is 3.71. The topological polar surface area (TPSA) is 38.7 Å². The van der Waals surface area contributed by atoms with Crippen LogP contribution >= 0.6 is 23.2 Å². The molecule has 2 rings (SSSR count). The highest BCUT2D eigenvalue weighted by Gasteiger charge is 2.09. The summed E-state index contributed by atoms with van der Waals surface area (Å²) in [6.45, 7) is 3.92. The number of phenols is 1. The first kappa shape index (κ1) is 14.8. The van der Waals surface area contributed by atoms with Crippen LogP contribution in [0.4, 0.5) is 0 Å². The van der Waals surface area contributed by atoms with E-state index >= 15 is 0 Å². The van der Waals surface area contributed by atoms with Gasteiger partial charge in [-0.25, -0.2) is 0 Å². The zero-order valence-corrected chi connectivity index (χ0v) is 12.6. The summed E-state index contributed by atoms with van der Waals surface area (Å²) in [6, 6.07) is 9.98. The summed E-state index contributed by atoms with van der Waals surface area (Å²) in [5.41, 5.74) is 0. The molecule has 106 valence electrons. The molecule has 0 saturated carbocycles. The van der Waals surface area contributed by atoms with Gasteiger partial charge in [-0.05, 0) is 38.1 Å². The van der Waals surface area contributed by atoms with E-state index in [4.69, 9.17) is 32.7 Å². The van der Waals surface area contributed by atoms with E-state index in [1.807, 2.05) is 26.0 Å². The molecule has 0 radical (unpaired) electrons. The predicted molar refractivity (Wildman–Crippen MR) is 80.4 cm³/mol. The summed E-state index contributed by atoms with van der Waals surface area (Å²) >= 11 is 11.8. The van der Waals surface area contributed by atoms with Gasteiger partial charge in [0.25, 0.3) is 0 Å². The fourth-order valence-electron chi connectivity index (χ4n) is 1.58. The molecule has 1 N–H and O–H groups in total. The Hall–Kier alpha value is -1.58. The van der Waals surface area contributed by atoms with Crippen molar-refractivity contribution in [3.63, 3.8) is 0 Å². The van der Waals surface area contributed by atoms with E-state index in [-0.39, 0.29) is 21.9 Å². The number of halogens is 2. The van der Waals surface area contributed by atoms with Gasteiger partial charge in [0, 0.05) is 12.1 Å². The lowest BCUT2D eigenvalue weighted by Crippen LogP contribution is -2.05. The molecule has 0 aliphatic rings. The largest absolute Gasteiger partial charge is 0.506 e. The van der Waals surface area contributed by atoms with Crippen LogP contribution in [0.25, 0.3) is 0 Å². The average Bonchev–Trinajstić information content (AvgIpc) is 2.37. The van der Waals surface area contributed by atoms with Crippen molar-refractivity contribution in [2.24, 2.45) is 0 Å². The van der Waals surface area contributed by atoms with E-state index in [1.165, 1.54) is 12.1 Å². The van der Waals surface area contributed by atoms with E-state index in [0.717, 1.165) is 5.75 Å². The number of rotatable bonds is 4. The minimum atomic E-state index is -0.0790. The van der Waals surface area contributed by atoms with Crippen molar-refractivity contribution in [2.75, 3.05) is 0 Å². The molecule has 0 amide bonds.